The van der Waals surface area contributed by atoms with Crippen molar-refractivity contribution in [3.63, 3.8) is 0 Å². The molecule has 0 unspecified atom stereocenters. The van der Waals surface area contributed by atoms with Crippen LogP contribution in [0.3, 0.4) is 0 Å². The van der Waals surface area contributed by atoms with Gasteiger partial charge >= 0.3 is 6.09 Å². The Morgan fingerprint density at radius 1 is 1.14 bits per heavy atom. The zero-order valence-corrected chi connectivity index (χ0v) is 20.3. The van der Waals surface area contributed by atoms with E-state index in [0.717, 1.165) is 28.7 Å². The van der Waals surface area contributed by atoms with Crippen molar-refractivity contribution in [3.8, 4) is 5.75 Å². The molecule has 0 aliphatic rings. The van der Waals surface area contributed by atoms with Gasteiger partial charge in [-0.05, 0) is 73.9 Å². The van der Waals surface area contributed by atoms with Crippen LogP contribution in [0.1, 0.15) is 59.3 Å². The van der Waals surface area contributed by atoms with Crippen molar-refractivity contribution in [1.82, 2.24) is 20.8 Å². The second-order valence-electron chi connectivity index (χ2n) is 8.92. The van der Waals surface area contributed by atoms with E-state index in [1.807, 2.05) is 44.2 Å². The third-order valence-corrected chi connectivity index (χ3v) is 5.96. The van der Waals surface area contributed by atoms with Crippen molar-refractivity contribution in [2.45, 2.75) is 58.0 Å². The van der Waals surface area contributed by atoms with Crippen LogP contribution in [0.15, 0.2) is 47.0 Å². The van der Waals surface area contributed by atoms with Gasteiger partial charge in [0, 0.05) is 25.6 Å². The Morgan fingerprint density at radius 3 is 2.54 bits per heavy atom. The highest BCUT2D eigenvalue weighted by Gasteiger charge is 2.20. The number of nitrogens with two attached hydrogens (primary N) is 1. The Labute approximate surface area is 205 Å². The van der Waals surface area contributed by atoms with Crippen LogP contribution in [0.5, 0.6) is 5.75 Å². The summed E-state index contributed by atoms with van der Waals surface area (Å²) in [5.74, 6) is 1.38. The van der Waals surface area contributed by atoms with Crippen molar-refractivity contribution < 1.29 is 19.5 Å². The number of hydrogen-bond donors (Lipinski definition) is 5. The van der Waals surface area contributed by atoms with E-state index in [0.29, 0.717) is 50.5 Å². The molecule has 2 atom stereocenters. The number of amides is 1. The summed E-state index contributed by atoms with van der Waals surface area (Å²) in [7, 11) is 0. The number of benzene rings is 2. The molecule has 0 saturated carbocycles. The molecule has 0 fully saturated rings. The minimum atomic E-state index is -1.02. The van der Waals surface area contributed by atoms with Gasteiger partial charge in [-0.3, -0.25) is 0 Å². The van der Waals surface area contributed by atoms with Gasteiger partial charge in [-0.15, -0.1) is 0 Å². The van der Waals surface area contributed by atoms with Gasteiger partial charge in [-0.25, -0.2) is 4.79 Å². The number of hydrogen-bond acceptors (Lipinski definition) is 7. The number of aromatic nitrogens is 2. The molecule has 35 heavy (non-hydrogen) atoms. The Morgan fingerprint density at radius 2 is 1.86 bits per heavy atom. The maximum Gasteiger partial charge on any atom is 0.404 e. The van der Waals surface area contributed by atoms with E-state index >= 15 is 0 Å². The molecular weight excluding hydrogens is 446 g/mol. The molecule has 0 saturated heterocycles. The normalized spacial score (nSPS) is 12.9. The summed E-state index contributed by atoms with van der Waals surface area (Å²) >= 11 is 0. The van der Waals surface area contributed by atoms with Crippen molar-refractivity contribution in [2.24, 2.45) is 5.73 Å². The fourth-order valence-electron chi connectivity index (χ4n) is 4.16. The molecular formula is C26H35N5O4. The molecule has 6 N–H and O–H groups in total. The quantitative estimate of drug-likeness (QED) is 0.233. The highest BCUT2D eigenvalue weighted by atomic mass is 16.5. The smallest absolute Gasteiger partial charge is 0.404 e. The fraction of sp³-hybridized carbons (Fsp3) is 0.423. The molecule has 3 aromatic rings. The van der Waals surface area contributed by atoms with E-state index < -0.39 is 6.09 Å². The number of phenols is 1. The van der Waals surface area contributed by atoms with Crippen molar-refractivity contribution in [2.75, 3.05) is 13.1 Å². The molecule has 0 radical (unpaired) electrons. The second-order valence-corrected chi connectivity index (χ2v) is 8.92. The van der Waals surface area contributed by atoms with Crippen LogP contribution < -0.4 is 16.4 Å². The van der Waals surface area contributed by atoms with E-state index in [4.69, 9.17) is 15.4 Å². The van der Waals surface area contributed by atoms with Crippen LogP contribution >= 0.6 is 0 Å². The van der Waals surface area contributed by atoms with Gasteiger partial charge in [-0.2, -0.15) is 4.98 Å². The average Bonchev–Trinajstić information content (AvgIpc) is 3.26. The third kappa shape index (κ3) is 8.38. The summed E-state index contributed by atoms with van der Waals surface area (Å²) in [6.07, 6.45) is 2.42. The first kappa shape index (κ1) is 26.2. The van der Waals surface area contributed by atoms with Gasteiger partial charge in [0.15, 0.2) is 5.82 Å². The van der Waals surface area contributed by atoms with Crippen LogP contribution in [0.4, 0.5) is 4.79 Å². The number of aromatic hydroxyl groups is 1. The molecule has 0 spiro atoms. The van der Waals surface area contributed by atoms with Gasteiger partial charge in [0.2, 0.25) is 5.89 Å². The van der Waals surface area contributed by atoms with Crippen LogP contribution in [0.25, 0.3) is 0 Å². The van der Waals surface area contributed by atoms with Gasteiger partial charge in [0.1, 0.15) is 5.75 Å². The summed E-state index contributed by atoms with van der Waals surface area (Å²) in [5.41, 5.74) is 10.7. The minimum absolute atomic E-state index is 0.153. The van der Waals surface area contributed by atoms with Crippen LogP contribution in [0, 0.1) is 13.8 Å². The SMILES string of the molecule is Cc1cc(O)cc(C)c1C[C@@H](N)CN[C@@H](CCCCNC(=O)O)c1nc(Cc2ccccc2)no1. The maximum absolute atomic E-state index is 10.7. The Kier molecular flexibility index (Phi) is 9.63. The lowest BCUT2D eigenvalue weighted by molar-refractivity contribution is 0.194. The molecule has 3 rings (SSSR count). The van der Waals surface area contributed by atoms with Crippen LogP contribution in [0.2, 0.25) is 0 Å². The van der Waals surface area contributed by atoms with E-state index in [2.05, 4.69) is 20.8 Å². The minimum Gasteiger partial charge on any atom is -0.508 e. The Bertz CT molecular complexity index is 1060. The zero-order valence-electron chi connectivity index (χ0n) is 20.3. The molecule has 188 valence electrons. The first-order valence-corrected chi connectivity index (χ1v) is 11.9. The summed E-state index contributed by atoms with van der Waals surface area (Å²) in [5, 5.41) is 28.6. The van der Waals surface area contributed by atoms with E-state index in [1.54, 1.807) is 12.1 Å². The number of carbonyl (C=O) groups is 1. The maximum atomic E-state index is 10.7. The number of aryl methyl sites for hydroxylation is 2. The first-order valence-electron chi connectivity index (χ1n) is 11.9. The highest BCUT2D eigenvalue weighted by molar-refractivity contribution is 5.64. The van der Waals surface area contributed by atoms with Gasteiger partial charge in [0.25, 0.3) is 0 Å². The average molecular weight is 482 g/mol. The van der Waals surface area contributed by atoms with Gasteiger partial charge in [0.05, 0.1) is 6.04 Å². The lowest BCUT2D eigenvalue weighted by Crippen LogP contribution is -2.38. The fourth-order valence-corrected chi connectivity index (χ4v) is 4.16. The Balaban J connectivity index is 1.62. The lowest BCUT2D eigenvalue weighted by Gasteiger charge is -2.20. The molecule has 1 amide bonds. The number of nitrogens with one attached hydrogen (secondary N) is 2. The number of rotatable bonds is 13. The standard InChI is InChI=1S/C26H35N5O4/c1-17-12-21(32)13-18(2)22(17)15-20(27)16-29-23(10-6-7-11-28-26(33)34)25-30-24(31-35-25)14-19-8-4-3-5-9-19/h3-5,8-9,12-13,20,23,28-29,32H,6-7,10-11,14-16,27H2,1-2H3,(H,33,34)/t20-,23+/m1/s1. The van der Waals surface area contributed by atoms with Crippen LogP contribution in [-0.2, 0) is 12.8 Å². The molecule has 2 aromatic carbocycles. The van der Waals surface area contributed by atoms with Crippen molar-refractivity contribution in [1.29, 1.82) is 0 Å². The van der Waals surface area contributed by atoms with Crippen LogP contribution in [-0.4, -0.2) is 45.6 Å². The van der Waals surface area contributed by atoms with Gasteiger partial charge in [-0.1, -0.05) is 35.5 Å². The summed E-state index contributed by atoms with van der Waals surface area (Å²) in [6, 6.07) is 13.1. The summed E-state index contributed by atoms with van der Waals surface area (Å²) < 4.78 is 5.59. The predicted octanol–water partition coefficient (Wildman–Crippen LogP) is 3.62. The zero-order chi connectivity index (χ0) is 25.2. The van der Waals surface area contributed by atoms with Crippen molar-refractivity contribution in [3.05, 3.63) is 76.4 Å². The number of unbranched alkanes of at least 4 members (excludes halogenated alkanes) is 1. The van der Waals surface area contributed by atoms with E-state index in [1.165, 1.54) is 0 Å². The topological polar surface area (TPSA) is 147 Å². The van der Waals surface area contributed by atoms with E-state index in [9.17, 15) is 9.90 Å². The Hall–Kier alpha value is -3.43. The molecule has 1 aromatic heterocycles. The molecule has 0 aliphatic carbocycles. The number of carboxylic acid groups (broad SMARTS) is 1. The number of phenolic OH excluding ortho intramolecular Hbond substituents is 1. The molecule has 9 heteroatoms. The molecule has 0 bridgehead atoms. The van der Waals surface area contributed by atoms with Gasteiger partial charge < -0.3 is 31.1 Å². The second kappa shape index (κ2) is 12.9. The first-order chi connectivity index (χ1) is 16.8. The highest BCUT2D eigenvalue weighted by Crippen LogP contribution is 2.23. The number of nitrogens with zero attached hydrogens (tertiary/aromatic N) is 2. The molecule has 9 nitrogen and oxygen atoms in total. The summed E-state index contributed by atoms with van der Waals surface area (Å²) in [4.78, 5) is 15.3. The molecule has 1 heterocycles. The summed E-state index contributed by atoms with van der Waals surface area (Å²) in [6.45, 7) is 4.88. The largest absolute Gasteiger partial charge is 0.508 e. The molecule has 0 aliphatic heterocycles. The predicted molar refractivity (Wildman–Crippen MR) is 133 cm³/mol. The van der Waals surface area contributed by atoms with Crippen molar-refractivity contribution >= 4 is 6.09 Å². The monoisotopic (exact) mass is 481 g/mol. The van der Waals surface area contributed by atoms with E-state index in [-0.39, 0.29) is 17.8 Å². The third-order valence-electron chi connectivity index (χ3n) is 5.96. The lowest BCUT2D eigenvalue weighted by atomic mass is 9.96.